The van der Waals surface area contributed by atoms with Gasteiger partial charge in [0, 0.05) is 12.3 Å². The lowest BCUT2D eigenvalue weighted by atomic mass is 10.1. The topological polar surface area (TPSA) is 35.2 Å². The van der Waals surface area contributed by atoms with Crippen molar-refractivity contribution < 1.29 is 4.74 Å². The summed E-state index contributed by atoms with van der Waals surface area (Å²) in [6, 6.07) is 8.00. The Morgan fingerprint density at radius 2 is 1.81 bits per heavy atom. The molecule has 0 aromatic heterocycles. The van der Waals surface area contributed by atoms with Crippen LogP contribution in [0, 0.1) is 5.92 Å². The Labute approximate surface area is 98.8 Å². The fourth-order valence-electron chi connectivity index (χ4n) is 1.57. The molecule has 1 aromatic carbocycles. The SMILES string of the molecule is CC(C)CCCOCCc1ccc(N)cc1. The third-order valence-electron chi connectivity index (χ3n) is 2.58. The van der Waals surface area contributed by atoms with Crippen LogP contribution < -0.4 is 5.73 Å². The quantitative estimate of drug-likeness (QED) is 0.566. The maximum atomic E-state index is 5.62. The van der Waals surface area contributed by atoms with E-state index in [0.717, 1.165) is 31.2 Å². The van der Waals surface area contributed by atoms with Gasteiger partial charge in [-0.05, 0) is 42.9 Å². The largest absolute Gasteiger partial charge is 0.399 e. The van der Waals surface area contributed by atoms with Crippen molar-refractivity contribution in [2.75, 3.05) is 18.9 Å². The van der Waals surface area contributed by atoms with Crippen molar-refractivity contribution in [2.45, 2.75) is 33.1 Å². The zero-order chi connectivity index (χ0) is 11.8. The van der Waals surface area contributed by atoms with Crippen LogP contribution in [-0.4, -0.2) is 13.2 Å². The molecule has 0 fully saturated rings. The van der Waals surface area contributed by atoms with E-state index in [2.05, 4.69) is 26.0 Å². The maximum absolute atomic E-state index is 5.62. The zero-order valence-electron chi connectivity index (χ0n) is 10.4. The first-order valence-corrected chi connectivity index (χ1v) is 6.10. The monoisotopic (exact) mass is 221 g/mol. The van der Waals surface area contributed by atoms with Crippen LogP contribution in [0.15, 0.2) is 24.3 Å². The lowest BCUT2D eigenvalue weighted by molar-refractivity contribution is 0.131. The minimum atomic E-state index is 0.778. The molecular weight excluding hydrogens is 198 g/mol. The molecule has 90 valence electrons. The average molecular weight is 221 g/mol. The van der Waals surface area contributed by atoms with Gasteiger partial charge in [0.15, 0.2) is 0 Å². The molecule has 0 saturated carbocycles. The van der Waals surface area contributed by atoms with Crippen molar-refractivity contribution in [3.05, 3.63) is 29.8 Å². The Hall–Kier alpha value is -1.02. The van der Waals surface area contributed by atoms with Gasteiger partial charge in [-0.15, -0.1) is 0 Å². The van der Waals surface area contributed by atoms with Gasteiger partial charge in [-0.1, -0.05) is 26.0 Å². The molecule has 0 aliphatic rings. The Kier molecular flexibility index (Phi) is 5.94. The summed E-state index contributed by atoms with van der Waals surface area (Å²) in [5.41, 5.74) is 7.73. The first-order valence-electron chi connectivity index (χ1n) is 6.10. The first-order chi connectivity index (χ1) is 7.68. The predicted octanol–water partition coefficient (Wildman–Crippen LogP) is 3.26. The molecule has 0 aliphatic heterocycles. The third-order valence-corrected chi connectivity index (χ3v) is 2.58. The van der Waals surface area contributed by atoms with Crippen LogP contribution >= 0.6 is 0 Å². The highest BCUT2D eigenvalue weighted by Crippen LogP contribution is 2.07. The van der Waals surface area contributed by atoms with Gasteiger partial charge in [0.1, 0.15) is 0 Å². The molecule has 16 heavy (non-hydrogen) atoms. The summed E-state index contributed by atoms with van der Waals surface area (Å²) >= 11 is 0. The minimum Gasteiger partial charge on any atom is -0.399 e. The van der Waals surface area contributed by atoms with E-state index < -0.39 is 0 Å². The van der Waals surface area contributed by atoms with E-state index in [1.807, 2.05) is 12.1 Å². The lowest BCUT2D eigenvalue weighted by Gasteiger charge is -2.06. The molecule has 0 unspecified atom stereocenters. The van der Waals surface area contributed by atoms with Crippen LogP contribution in [0.1, 0.15) is 32.3 Å². The van der Waals surface area contributed by atoms with Crippen molar-refractivity contribution in [3.63, 3.8) is 0 Å². The van der Waals surface area contributed by atoms with Gasteiger partial charge in [-0.2, -0.15) is 0 Å². The van der Waals surface area contributed by atoms with E-state index in [1.165, 1.54) is 18.4 Å². The standard InChI is InChI=1S/C14H23NO/c1-12(2)4-3-10-16-11-9-13-5-7-14(15)8-6-13/h5-8,12H,3-4,9-11,15H2,1-2H3. The summed E-state index contributed by atoms with van der Waals surface area (Å²) in [6.45, 7) is 6.18. The molecule has 1 rings (SSSR count). The van der Waals surface area contributed by atoms with Gasteiger partial charge in [-0.25, -0.2) is 0 Å². The molecule has 0 amide bonds. The highest BCUT2D eigenvalue weighted by molar-refractivity contribution is 5.39. The van der Waals surface area contributed by atoms with Crippen LogP contribution in [0.25, 0.3) is 0 Å². The van der Waals surface area contributed by atoms with Crippen LogP contribution in [0.5, 0.6) is 0 Å². The van der Waals surface area contributed by atoms with Crippen molar-refractivity contribution in [3.8, 4) is 0 Å². The molecular formula is C14H23NO. The van der Waals surface area contributed by atoms with E-state index in [9.17, 15) is 0 Å². The molecule has 2 N–H and O–H groups in total. The average Bonchev–Trinajstić information content (AvgIpc) is 2.25. The molecule has 2 nitrogen and oxygen atoms in total. The van der Waals surface area contributed by atoms with Crippen molar-refractivity contribution >= 4 is 5.69 Å². The third kappa shape index (κ3) is 5.76. The van der Waals surface area contributed by atoms with Crippen LogP contribution in [0.4, 0.5) is 5.69 Å². The minimum absolute atomic E-state index is 0.778. The number of nitrogens with two attached hydrogens (primary N) is 1. The van der Waals surface area contributed by atoms with E-state index in [4.69, 9.17) is 10.5 Å². The number of ether oxygens (including phenoxy) is 1. The van der Waals surface area contributed by atoms with Gasteiger partial charge < -0.3 is 10.5 Å². The molecule has 0 bridgehead atoms. The number of anilines is 1. The highest BCUT2D eigenvalue weighted by Gasteiger charge is 1.95. The molecule has 1 aromatic rings. The van der Waals surface area contributed by atoms with Crippen molar-refractivity contribution in [1.29, 1.82) is 0 Å². The zero-order valence-corrected chi connectivity index (χ0v) is 10.4. The van der Waals surface area contributed by atoms with Gasteiger partial charge in [0.2, 0.25) is 0 Å². The summed E-state index contributed by atoms with van der Waals surface area (Å²) in [5, 5.41) is 0. The molecule has 0 heterocycles. The summed E-state index contributed by atoms with van der Waals surface area (Å²) in [7, 11) is 0. The van der Waals surface area contributed by atoms with E-state index in [1.54, 1.807) is 0 Å². The molecule has 2 heteroatoms. The number of hydrogen-bond donors (Lipinski definition) is 1. The Bertz CT molecular complexity index is 279. The molecule has 0 aliphatic carbocycles. The number of hydrogen-bond acceptors (Lipinski definition) is 2. The summed E-state index contributed by atoms with van der Waals surface area (Å²) in [5.74, 6) is 0.778. The fourth-order valence-corrected chi connectivity index (χ4v) is 1.57. The van der Waals surface area contributed by atoms with Crippen LogP contribution in [0.2, 0.25) is 0 Å². The normalized spacial score (nSPS) is 10.9. The summed E-state index contributed by atoms with van der Waals surface area (Å²) < 4.78 is 5.59. The summed E-state index contributed by atoms with van der Waals surface area (Å²) in [4.78, 5) is 0. The molecule has 0 radical (unpaired) electrons. The van der Waals surface area contributed by atoms with E-state index in [-0.39, 0.29) is 0 Å². The Morgan fingerprint density at radius 3 is 2.44 bits per heavy atom. The molecule has 0 atom stereocenters. The smallest absolute Gasteiger partial charge is 0.0506 e. The first kappa shape index (κ1) is 13.0. The number of benzene rings is 1. The second-order valence-electron chi connectivity index (χ2n) is 4.64. The van der Waals surface area contributed by atoms with Crippen LogP contribution in [0.3, 0.4) is 0 Å². The van der Waals surface area contributed by atoms with Gasteiger partial charge >= 0.3 is 0 Å². The second-order valence-corrected chi connectivity index (χ2v) is 4.64. The van der Waals surface area contributed by atoms with E-state index in [0.29, 0.717) is 0 Å². The number of rotatable bonds is 7. The van der Waals surface area contributed by atoms with Crippen molar-refractivity contribution in [1.82, 2.24) is 0 Å². The molecule has 0 saturated heterocycles. The van der Waals surface area contributed by atoms with Crippen LogP contribution in [-0.2, 0) is 11.2 Å². The van der Waals surface area contributed by atoms with Crippen molar-refractivity contribution in [2.24, 2.45) is 5.92 Å². The van der Waals surface area contributed by atoms with Gasteiger partial charge in [-0.3, -0.25) is 0 Å². The van der Waals surface area contributed by atoms with Gasteiger partial charge in [0.05, 0.1) is 6.61 Å². The van der Waals surface area contributed by atoms with E-state index >= 15 is 0 Å². The fraction of sp³-hybridized carbons (Fsp3) is 0.571. The second kappa shape index (κ2) is 7.29. The maximum Gasteiger partial charge on any atom is 0.0506 e. The number of nitrogen functional groups attached to an aromatic ring is 1. The molecule has 0 spiro atoms. The lowest BCUT2D eigenvalue weighted by Crippen LogP contribution is -2.01. The predicted molar refractivity (Wildman–Crippen MR) is 69.4 cm³/mol. The Balaban J connectivity index is 2.05. The van der Waals surface area contributed by atoms with Gasteiger partial charge in [0.25, 0.3) is 0 Å². The highest BCUT2D eigenvalue weighted by atomic mass is 16.5. The summed E-state index contributed by atoms with van der Waals surface area (Å²) in [6.07, 6.45) is 3.39. The Morgan fingerprint density at radius 1 is 1.12 bits per heavy atom.